The van der Waals surface area contributed by atoms with Crippen LogP contribution in [-0.2, 0) is 14.4 Å². The van der Waals surface area contributed by atoms with Crippen molar-refractivity contribution >= 4 is 23.8 Å². The molecule has 7 nitrogen and oxygen atoms in total. The average Bonchev–Trinajstić information content (AvgIpc) is 2.55. The van der Waals surface area contributed by atoms with Crippen LogP contribution in [0.1, 0.15) is 32.6 Å². The van der Waals surface area contributed by atoms with E-state index in [-0.39, 0.29) is 6.04 Å². The monoisotopic (exact) mass is 268 g/mol. The quantitative estimate of drug-likeness (QED) is 0.592. The molecule has 0 aromatic rings. The Morgan fingerprint density at radius 1 is 1.16 bits per heavy atom. The second-order valence-corrected chi connectivity index (χ2v) is 5.16. The van der Waals surface area contributed by atoms with Crippen LogP contribution < -0.4 is 0 Å². The first-order chi connectivity index (χ1) is 8.91. The van der Waals surface area contributed by atoms with Crippen LogP contribution in [0.4, 0.5) is 4.79 Å². The lowest BCUT2D eigenvalue weighted by molar-refractivity contribution is -0.146. The van der Waals surface area contributed by atoms with E-state index < -0.39 is 30.4 Å². The first kappa shape index (κ1) is 13.5. The summed E-state index contributed by atoms with van der Waals surface area (Å²) < 4.78 is 0. The van der Waals surface area contributed by atoms with Crippen LogP contribution in [0.3, 0.4) is 0 Å². The number of carboxylic acid groups (broad SMARTS) is 1. The Bertz CT molecular complexity index is 439. The first-order valence-corrected chi connectivity index (χ1v) is 6.32. The predicted molar refractivity (Wildman–Crippen MR) is 63.0 cm³/mol. The van der Waals surface area contributed by atoms with Crippen molar-refractivity contribution in [2.24, 2.45) is 5.92 Å². The Labute approximate surface area is 110 Å². The highest BCUT2D eigenvalue weighted by Gasteiger charge is 2.48. The van der Waals surface area contributed by atoms with E-state index in [0.717, 1.165) is 17.7 Å². The number of carbonyl (C=O) groups excluding carboxylic acids is 3. The highest BCUT2D eigenvalue weighted by Crippen LogP contribution is 2.29. The molecule has 0 unspecified atom stereocenters. The van der Waals surface area contributed by atoms with Crippen molar-refractivity contribution in [1.29, 1.82) is 0 Å². The van der Waals surface area contributed by atoms with E-state index >= 15 is 0 Å². The lowest BCUT2D eigenvalue weighted by Gasteiger charge is -2.31. The molecule has 0 aromatic heterocycles. The van der Waals surface area contributed by atoms with Gasteiger partial charge in [-0.3, -0.25) is 19.3 Å². The molecule has 1 aliphatic carbocycles. The second-order valence-electron chi connectivity index (χ2n) is 5.16. The number of hydrogen-bond donors (Lipinski definition) is 1. The average molecular weight is 268 g/mol. The molecule has 1 saturated heterocycles. The summed E-state index contributed by atoms with van der Waals surface area (Å²) in [6.45, 7) is 1.34. The summed E-state index contributed by atoms with van der Waals surface area (Å²) in [4.78, 5) is 47.5. The molecule has 0 bridgehead atoms. The molecule has 1 aliphatic heterocycles. The minimum atomic E-state index is -1.31. The molecule has 0 radical (unpaired) electrons. The molecule has 1 N–H and O–H groups in total. The molecule has 1 saturated carbocycles. The molecule has 0 spiro atoms. The molecule has 4 amide bonds. The molecular weight excluding hydrogens is 252 g/mol. The lowest BCUT2D eigenvalue weighted by Crippen LogP contribution is -2.43. The van der Waals surface area contributed by atoms with Crippen molar-refractivity contribution in [3.05, 3.63) is 0 Å². The Balaban J connectivity index is 2.13. The molecule has 7 heteroatoms. The summed E-state index contributed by atoms with van der Waals surface area (Å²) in [5.74, 6) is -2.69. The highest BCUT2D eigenvalue weighted by atomic mass is 16.4. The van der Waals surface area contributed by atoms with Gasteiger partial charge in [-0.15, -0.1) is 0 Å². The Morgan fingerprint density at radius 2 is 1.74 bits per heavy atom. The van der Waals surface area contributed by atoms with Gasteiger partial charge in [0.15, 0.2) is 0 Å². The fourth-order valence-electron chi connectivity index (χ4n) is 2.62. The molecule has 2 aliphatic rings. The van der Waals surface area contributed by atoms with Crippen molar-refractivity contribution in [3.63, 3.8) is 0 Å². The Hall–Kier alpha value is -1.92. The molecular formula is C12H16N2O5. The van der Waals surface area contributed by atoms with Crippen molar-refractivity contribution in [2.45, 2.75) is 38.6 Å². The number of carboxylic acids is 1. The van der Waals surface area contributed by atoms with Crippen LogP contribution in [0.25, 0.3) is 0 Å². The van der Waals surface area contributed by atoms with Gasteiger partial charge >= 0.3 is 23.8 Å². The number of amides is 4. The van der Waals surface area contributed by atoms with Gasteiger partial charge < -0.3 is 5.11 Å². The summed E-state index contributed by atoms with van der Waals surface area (Å²) in [5.41, 5.74) is 0. The van der Waals surface area contributed by atoms with Crippen LogP contribution in [0.2, 0.25) is 0 Å². The predicted octanol–water partition coefficient (Wildman–Crippen LogP) is 0.440. The number of aliphatic carboxylic acids is 1. The minimum absolute atomic E-state index is 0.279. The maximum absolute atomic E-state index is 12.0. The van der Waals surface area contributed by atoms with Gasteiger partial charge in [0, 0.05) is 6.04 Å². The summed E-state index contributed by atoms with van der Waals surface area (Å²) in [6, 6.07) is -1.07. The van der Waals surface area contributed by atoms with Crippen molar-refractivity contribution in [3.8, 4) is 0 Å². The normalized spacial score (nSPS) is 28.2. The van der Waals surface area contributed by atoms with Gasteiger partial charge in [0.25, 0.3) is 0 Å². The van der Waals surface area contributed by atoms with Crippen LogP contribution >= 0.6 is 0 Å². The standard InChI is InChI=1S/C12H16N2O5/c1-7-2-4-8(5-3-7)14-11(18)10(17)13(12(14)19)6-9(15)16/h7-8H,2-6H2,1H3,(H,15,16). The topological polar surface area (TPSA) is 95.0 Å². The summed E-state index contributed by atoms with van der Waals surface area (Å²) >= 11 is 0. The van der Waals surface area contributed by atoms with E-state index in [2.05, 4.69) is 6.92 Å². The van der Waals surface area contributed by atoms with E-state index in [4.69, 9.17) is 5.11 Å². The van der Waals surface area contributed by atoms with E-state index in [1.165, 1.54) is 0 Å². The van der Waals surface area contributed by atoms with E-state index in [0.29, 0.717) is 23.7 Å². The largest absolute Gasteiger partial charge is 0.480 e. The van der Waals surface area contributed by atoms with Crippen molar-refractivity contribution in [2.75, 3.05) is 6.54 Å². The lowest BCUT2D eigenvalue weighted by atomic mass is 9.87. The molecule has 2 rings (SSSR count). The molecule has 0 aromatic carbocycles. The zero-order chi connectivity index (χ0) is 14.2. The fraction of sp³-hybridized carbons (Fsp3) is 0.667. The maximum Gasteiger partial charge on any atom is 0.335 e. The Kier molecular flexibility index (Phi) is 3.55. The van der Waals surface area contributed by atoms with Crippen LogP contribution in [0.15, 0.2) is 0 Å². The van der Waals surface area contributed by atoms with Gasteiger partial charge in [0.1, 0.15) is 6.54 Å². The minimum Gasteiger partial charge on any atom is -0.480 e. The van der Waals surface area contributed by atoms with Gasteiger partial charge in [-0.25, -0.2) is 9.69 Å². The maximum atomic E-state index is 12.0. The van der Waals surface area contributed by atoms with E-state index in [9.17, 15) is 19.2 Å². The van der Waals surface area contributed by atoms with Gasteiger partial charge in [0.05, 0.1) is 0 Å². The van der Waals surface area contributed by atoms with Crippen LogP contribution in [0.5, 0.6) is 0 Å². The van der Waals surface area contributed by atoms with Gasteiger partial charge in [0.2, 0.25) is 0 Å². The number of rotatable bonds is 3. The SMILES string of the molecule is CC1CCC(N2C(=O)C(=O)N(CC(=O)O)C2=O)CC1. The molecule has 0 atom stereocenters. The second kappa shape index (κ2) is 4.99. The number of urea groups is 1. The fourth-order valence-corrected chi connectivity index (χ4v) is 2.62. The summed E-state index contributed by atoms with van der Waals surface area (Å²) in [6.07, 6.45) is 3.14. The third kappa shape index (κ3) is 2.45. The van der Waals surface area contributed by atoms with Gasteiger partial charge in [-0.05, 0) is 31.6 Å². The third-order valence-electron chi connectivity index (χ3n) is 3.73. The van der Waals surface area contributed by atoms with E-state index in [1.807, 2.05) is 0 Å². The number of carbonyl (C=O) groups is 4. The van der Waals surface area contributed by atoms with Crippen molar-refractivity contribution < 1.29 is 24.3 Å². The number of hydrogen-bond acceptors (Lipinski definition) is 4. The molecule has 1 heterocycles. The number of nitrogens with zero attached hydrogens (tertiary/aromatic N) is 2. The first-order valence-electron chi connectivity index (χ1n) is 6.32. The van der Waals surface area contributed by atoms with E-state index in [1.54, 1.807) is 0 Å². The van der Waals surface area contributed by atoms with Crippen molar-refractivity contribution in [1.82, 2.24) is 9.80 Å². The molecule has 2 fully saturated rings. The van der Waals surface area contributed by atoms with Crippen LogP contribution in [0, 0.1) is 5.92 Å². The molecule has 19 heavy (non-hydrogen) atoms. The smallest absolute Gasteiger partial charge is 0.335 e. The van der Waals surface area contributed by atoms with Gasteiger partial charge in [-0.1, -0.05) is 6.92 Å². The highest BCUT2D eigenvalue weighted by molar-refractivity contribution is 6.45. The number of imide groups is 2. The summed E-state index contributed by atoms with van der Waals surface area (Å²) in [5, 5.41) is 8.65. The Morgan fingerprint density at radius 3 is 2.26 bits per heavy atom. The van der Waals surface area contributed by atoms with Gasteiger partial charge in [-0.2, -0.15) is 0 Å². The summed E-state index contributed by atoms with van der Waals surface area (Å²) in [7, 11) is 0. The third-order valence-corrected chi connectivity index (χ3v) is 3.73. The zero-order valence-corrected chi connectivity index (χ0v) is 10.7. The van der Waals surface area contributed by atoms with Crippen LogP contribution in [-0.4, -0.2) is 51.3 Å². The molecule has 104 valence electrons. The zero-order valence-electron chi connectivity index (χ0n) is 10.7.